The van der Waals surface area contributed by atoms with Gasteiger partial charge in [-0.2, -0.15) is 4.52 Å². The summed E-state index contributed by atoms with van der Waals surface area (Å²) >= 11 is 0. The number of fused-ring (bicyclic) bond motifs is 9. The van der Waals surface area contributed by atoms with Crippen molar-refractivity contribution in [2.24, 2.45) is 0 Å². The first-order valence-corrected chi connectivity index (χ1v) is 12.6. The highest BCUT2D eigenvalue weighted by molar-refractivity contribution is 6.17. The van der Waals surface area contributed by atoms with Gasteiger partial charge in [-0.3, -0.25) is 9.59 Å². The molecule has 8 aromatic rings. The number of hydrogen-bond acceptors (Lipinski definition) is 2. The van der Waals surface area contributed by atoms with Gasteiger partial charge in [0, 0.05) is 10.8 Å². The molecule has 6 aromatic carbocycles. The third kappa shape index (κ3) is 2.69. The smallest absolute Gasteiger partial charge is 0.267 e. The first-order chi connectivity index (χ1) is 18.7. The highest BCUT2D eigenvalue weighted by Crippen LogP contribution is 2.38. The average molecular weight is 489 g/mol. The normalized spacial score (nSPS) is 11.9. The van der Waals surface area contributed by atoms with Crippen LogP contribution in [0.15, 0.2) is 131 Å². The van der Waals surface area contributed by atoms with Crippen LogP contribution in [-0.4, -0.2) is 9.03 Å². The zero-order valence-electron chi connectivity index (χ0n) is 20.3. The van der Waals surface area contributed by atoms with E-state index in [-0.39, 0.29) is 11.1 Å². The van der Waals surface area contributed by atoms with Crippen LogP contribution in [0.2, 0.25) is 0 Å². The Labute approximate surface area is 216 Å². The Morgan fingerprint density at radius 2 is 0.737 bits per heavy atom. The molecule has 0 saturated carbocycles. The molecule has 0 amide bonds. The maximum atomic E-state index is 13.9. The van der Waals surface area contributed by atoms with Gasteiger partial charge in [-0.05, 0) is 45.2 Å². The summed E-state index contributed by atoms with van der Waals surface area (Å²) in [6.07, 6.45) is 0. The molecule has 0 radical (unpaired) electrons. The van der Waals surface area contributed by atoms with Crippen LogP contribution in [-0.2, 0) is 0 Å². The third-order valence-corrected chi connectivity index (χ3v) is 7.67. The zero-order chi connectivity index (χ0) is 25.4. The fourth-order valence-corrected chi connectivity index (χ4v) is 6.03. The molecule has 0 spiro atoms. The van der Waals surface area contributed by atoms with Gasteiger partial charge >= 0.3 is 0 Å². The molecule has 38 heavy (non-hydrogen) atoms. The Balaban J connectivity index is 1.62. The second-order valence-electron chi connectivity index (χ2n) is 9.70. The van der Waals surface area contributed by atoms with Crippen molar-refractivity contribution in [1.82, 2.24) is 9.03 Å². The Hall–Kier alpha value is -5.22. The minimum absolute atomic E-state index is 0.297. The molecule has 0 unspecified atom stereocenters. The number of rotatable bonds is 2. The van der Waals surface area contributed by atoms with Gasteiger partial charge in [0.2, 0.25) is 0 Å². The summed E-state index contributed by atoms with van der Waals surface area (Å²) in [6, 6.07) is 40.3. The van der Waals surface area contributed by atoms with E-state index in [4.69, 9.17) is 0 Å². The summed E-state index contributed by atoms with van der Waals surface area (Å²) < 4.78 is 3.17. The van der Waals surface area contributed by atoms with E-state index in [0.717, 1.165) is 54.8 Å². The van der Waals surface area contributed by atoms with Gasteiger partial charge in [-0.15, -0.1) is 0 Å². The molecular weight excluding hydrogens is 468 g/mol. The van der Waals surface area contributed by atoms with Crippen molar-refractivity contribution in [3.63, 3.8) is 0 Å². The van der Waals surface area contributed by atoms with Crippen molar-refractivity contribution in [3.8, 4) is 22.3 Å². The van der Waals surface area contributed by atoms with Crippen molar-refractivity contribution in [3.05, 3.63) is 142 Å². The minimum atomic E-state index is -0.297. The summed E-state index contributed by atoms with van der Waals surface area (Å²) in [5.41, 5.74) is 4.95. The van der Waals surface area contributed by atoms with Crippen molar-refractivity contribution in [2.75, 3.05) is 0 Å². The third-order valence-electron chi connectivity index (χ3n) is 7.67. The molecule has 8 rings (SSSR count). The van der Waals surface area contributed by atoms with Crippen LogP contribution < -0.4 is 11.1 Å². The Morgan fingerprint density at radius 1 is 0.368 bits per heavy atom. The fraction of sp³-hybridized carbons (Fsp3) is 0. The summed E-state index contributed by atoms with van der Waals surface area (Å²) in [7, 11) is 0. The van der Waals surface area contributed by atoms with Gasteiger partial charge in [0.15, 0.2) is 0 Å². The topological polar surface area (TPSA) is 43.0 Å². The molecule has 0 saturated heterocycles. The van der Waals surface area contributed by atoms with Crippen molar-refractivity contribution < 1.29 is 0 Å². The maximum Gasteiger partial charge on any atom is 0.282 e. The first kappa shape index (κ1) is 20.9. The molecule has 0 aliphatic carbocycles. The average Bonchev–Trinajstić information content (AvgIpc) is 3.44. The standard InChI is InChI=1S/C34H20N2O2/c37-33-29-19-27(21-11-3-1-4-12-21)23-15-7-9-17-25(23)31(29)35-32-26-18-10-8-16-24(26)28(22-13-5-2-6-14-22)20-30(32)34(38)36(33)35/h1-20H. The zero-order valence-corrected chi connectivity index (χ0v) is 20.3. The summed E-state index contributed by atoms with van der Waals surface area (Å²) in [4.78, 5) is 27.9. The van der Waals surface area contributed by atoms with E-state index in [0.29, 0.717) is 10.8 Å². The van der Waals surface area contributed by atoms with Gasteiger partial charge < -0.3 is 0 Å². The van der Waals surface area contributed by atoms with Crippen LogP contribution >= 0.6 is 0 Å². The van der Waals surface area contributed by atoms with Crippen LogP contribution in [0.25, 0.3) is 65.6 Å². The van der Waals surface area contributed by atoms with E-state index in [1.165, 1.54) is 4.52 Å². The largest absolute Gasteiger partial charge is 0.282 e. The van der Waals surface area contributed by atoms with E-state index in [1.54, 1.807) is 0 Å². The lowest BCUT2D eigenvalue weighted by Gasteiger charge is -2.11. The van der Waals surface area contributed by atoms with E-state index in [1.807, 2.05) is 114 Å². The molecule has 0 N–H and O–H groups in total. The Kier molecular flexibility index (Phi) is 4.21. The number of hydrogen-bond donors (Lipinski definition) is 0. The van der Waals surface area contributed by atoms with Gasteiger partial charge in [-0.25, -0.2) is 4.52 Å². The molecule has 0 aliphatic rings. The van der Waals surface area contributed by atoms with E-state index in [9.17, 15) is 9.59 Å². The Morgan fingerprint density at radius 3 is 1.16 bits per heavy atom. The lowest BCUT2D eigenvalue weighted by atomic mass is 9.95. The lowest BCUT2D eigenvalue weighted by Crippen LogP contribution is -2.21. The molecule has 4 nitrogen and oxygen atoms in total. The molecule has 2 aromatic heterocycles. The van der Waals surface area contributed by atoms with Gasteiger partial charge in [0.1, 0.15) is 0 Å². The quantitative estimate of drug-likeness (QED) is 0.259. The molecule has 178 valence electrons. The number of nitrogens with zero attached hydrogens (tertiary/aromatic N) is 2. The predicted octanol–water partition coefficient (Wildman–Crippen LogP) is 7.14. The highest BCUT2D eigenvalue weighted by atomic mass is 16.2. The number of aromatic nitrogens is 2. The van der Waals surface area contributed by atoms with E-state index >= 15 is 0 Å². The fourth-order valence-electron chi connectivity index (χ4n) is 6.03. The van der Waals surface area contributed by atoms with Gasteiger partial charge in [0.05, 0.1) is 21.8 Å². The van der Waals surface area contributed by atoms with Crippen LogP contribution in [0.1, 0.15) is 0 Å². The molecule has 0 aliphatic heterocycles. The second-order valence-corrected chi connectivity index (χ2v) is 9.70. The summed E-state index contributed by atoms with van der Waals surface area (Å²) in [5, 5.41) is 5.04. The van der Waals surface area contributed by atoms with Crippen molar-refractivity contribution in [2.45, 2.75) is 0 Å². The molecular formula is C34H20N2O2. The van der Waals surface area contributed by atoms with E-state index < -0.39 is 0 Å². The molecule has 0 fully saturated rings. The maximum absolute atomic E-state index is 13.9. The molecule has 4 heteroatoms. The molecule has 0 atom stereocenters. The Bertz CT molecular complexity index is 2150. The molecule has 0 bridgehead atoms. The number of benzene rings is 6. The van der Waals surface area contributed by atoms with Crippen LogP contribution in [0, 0.1) is 0 Å². The second kappa shape index (κ2) is 7.64. The van der Waals surface area contributed by atoms with Gasteiger partial charge in [-0.1, -0.05) is 109 Å². The highest BCUT2D eigenvalue weighted by Gasteiger charge is 2.23. The van der Waals surface area contributed by atoms with E-state index in [2.05, 4.69) is 12.1 Å². The van der Waals surface area contributed by atoms with Crippen molar-refractivity contribution in [1.29, 1.82) is 0 Å². The van der Waals surface area contributed by atoms with Crippen LogP contribution in [0.3, 0.4) is 0 Å². The minimum Gasteiger partial charge on any atom is -0.267 e. The monoisotopic (exact) mass is 488 g/mol. The van der Waals surface area contributed by atoms with Crippen LogP contribution in [0.5, 0.6) is 0 Å². The summed E-state index contributed by atoms with van der Waals surface area (Å²) in [6.45, 7) is 0. The van der Waals surface area contributed by atoms with Crippen LogP contribution in [0.4, 0.5) is 0 Å². The summed E-state index contributed by atoms with van der Waals surface area (Å²) in [5.74, 6) is 0. The SMILES string of the molecule is O=c1c2cc(-c3ccccc3)c3ccccc3c2n2c3c(cc(-c4ccccc4)c4ccccc43)c(=O)n12. The lowest BCUT2D eigenvalue weighted by molar-refractivity contribution is 0.844. The molecule has 2 heterocycles. The van der Waals surface area contributed by atoms with Gasteiger partial charge in [0.25, 0.3) is 11.1 Å². The first-order valence-electron chi connectivity index (χ1n) is 12.6. The van der Waals surface area contributed by atoms with Crippen molar-refractivity contribution >= 4 is 43.4 Å². The predicted molar refractivity (Wildman–Crippen MR) is 155 cm³/mol.